The Labute approximate surface area is 110 Å². The molecular formula is C11H9F3N4O2. The minimum Gasteiger partial charge on any atom is -0.483 e. The van der Waals surface area contributed by atoms with E-state index < -0.39 is 18.7 Å². The maximum atomic E-state index is 12.2. The Kier molecular flexibility index (Phi) is 3.59. The van der Waals surface area contributed by atoms with E-state index in [4.69, 9.17) is 10.5 Å². The Morgan fingerprint density at radius 1 is 1.30 bits per heavy atom. The van der Waals surface area contributed by atoms with Gasteiger partial charge in [0.1, 0.15) is 11.4 Å². The van der Waals surface area contributed by atoms with Crippen molar-refractivity contribution in [1.29, 1.82) is 0 Å². The number of hydrogen-bond donors (Lipinski definition) is 2. The Morgan fingerprint density at radius 3 is 2.65 bits per heavy atom. The van der Waals surface area contributed by atoms with Gasteiger partial charge < -0.3 is 10.5 Å². The summed E-state index contributed by atoms with van der Waals surface area (Å²) in [6.07, 6.45) is -4.47. The summed E-state index contributed by atoms with van der Waals surface area (Å²) in [7, 11) is 0. The van der Waals surface area contributed by atoms with Crippen LogP contribution in [0.15, 0.2) is 24.3 Å². The molecule has 106 valence electrons. The van der Waals surface area contributed by atoms with Gasteiger partial charge in [0.15, 0.2) is 12.3 Å². The molecule has 0 fully saturated rings. The number of alkyl halides is 3. The molecule has 0 atom stereocenters. The van der Waals surface area contributed by atoms with E-state index in [-0.39, 0.29) is 22.7 Å². The first-order chi connectivity index (χ1) is 9.38. The molecule has 3 N–H and O–H groups in total. The molecular weight excluding hydrogens is 277 g/mol. The predicted molar refractivity (Wildman–Crippen MR) is 61.9 cm³/mol. The van der Waals surface area contributed by atoms with Gasteiger partial charge in [0.2, 0.25) is 0 Å². The average molecular weight is 286 g/mol. The summed E-state index contributed by atoms with van der Waals surface area (Å²) < 4.78 is 41.3. The number of aromatic amines is 1. The van der Waals surface area contributed by atoms with Crippen LogP contribution in [0, 0.1) is 0 Å². The number of H-pyrrole nitrogens is 1. The smallest absolute Gasteiger partial charge is 0.422 e. The largest absolute Gasteiger partial charge is 0.483 e. The number of amides is 1. The molecule has 1 aromatic carbocycles. The lowest BCUT2D eigenvalue weighted by atomic mass is 10.1. The van der Waals surface area contributed by atoms with E-state index in [9.17, 15) is 18.0 Å². The molecule has 6 nitrogen and oxygen atoms in total. The highest BCUT2D eigenvalue weighted by Gasteiger charge is 2.29. The summed E-state index contributed by atoms with van der Waals surface area (Å²) >= 11 is 0. The van der Waals surface area contributed by atoms with E-state index in [1.54, 1.807) is 6.07 Å². The third-order valence-electron chi connectivity index (χ3n) is 2.31. The van der Waals surface area contributed by atoms with Gasteiger partial charge in [-0.25, -0.2) is 0 Å². The fourth-order valence-electron chi connectivity index (χ4n) is 1.54. The fourth-order valence-corrected chi connectivity index (χ4v) is 1.54. The SMILES string of the molecule is NC(=O)c1n[nH]nc1-c1ccccc1OCC(F)(F)F. The Morgan fingerprint density at radius 2 is 2.00 bits per heavy atom. The van der Waals surface area contributed by atoms with Gasteiger partial charge >= 0.3 is 6.18 Å². The van der Waals surface area contributed by atoms with E-state index in [2.05, 4.69) is 15.4 Å². The second-order valence-corrected chi connectivity index (χ2v) is 3.79. The van der Waals surface area contributed by atoms with Crippen molar-refractivity contribution in [3.8, 4) is 17.0 Å². The van der Waals surface area contributed by atoms with E-state index in [1.807, 2.05) is 0 Å². The number of nitrogens with two attached hydrogens (primary N) is 1. The van der Waals surface area contributed by atoms with Crippen molar-refractivity contribution in [3.63, 3.8) is 0 Å². The second kappa shape index (κ2) is 5.19. The molecule has 0 spiro atoms. The van der Waals surface area contributed by atoms with Gasteiger partial charge in [0, 0.05) is 5.56 Å². The van der Waals surface area contributed by atoms with Crippen LogP contribution in [0.1, 0.15) is 10.5 Å². The summed E-state index contributed by atoms with van der Waals surface area (Å²) in [6.45, 7) is -1.45. The molecule has 0 bridgehead atoms. The number of halogens is 3. The molecule has 0 aliphatic rings. The first-order valence-electron chi connectivity index (χ1n) is 5.38. The minimum absolute atomic E-state index is 0.0373. The number of aromatic nitrogens is 3. The molecule has 0 radical (unpaired) electrons. The van der Waals surface area contributed by atoms with Gasteiger partial charge in [0.25, 0.3) is 5.91 Å². The van der Waals surface area contributed by atoms with Gasteiger partial charge in [-0.05, 0) is 12.1 Å². The van der Waals surface area contributed by atoms with E-state index in [1.165, 1.54) is 18.2 Å². The molecule has 0 saturated carbocycles. The number of benzene rings is 1. The van der Waals surface area contributed by atoms with E-state index in [0.717, 1.165) is 0 Å². The number of hydrogen-bond acceptors (Lipinski definition) is 4. The van der Waals surface area contributed by atoms with E-state index >= 15 is 0 Å². The second-order valence-electron chi connectivity index (χ2n) is 3.79. The number of carbonyl (C=O) groups excluding carboxylic acids is 1. The van der Waals surface area contributed by atoms with Crippen molar-refractivity contribution in [1.82, 2.24) is 15.4 Å². The number of nitrogens with zero attached hydrogens (tertiary/aromatic N) is 2. The zero-order chi connectivity index (χ0) is 14.8. The van der Waals surface area contributed by atoms with Crippen LogP contribution in [0.5, 0.6) is 5.75 Å². The zero-order valence-corrected chi connectivity index (χ0v) is 9.94. The molecule has 0 unspecified atom stereocenters. The van der Waals surface area contributed by atoms with Crippen LogP contribution in [0.25, 0.3) is 11.3 Å². The van der Waals surface area contributed by atoms with Gasteiger partial charge in [-0.2, -0.15) is 28.6 Å². The summed E-state index contributed by atoms with van der Waals surface area (Å²) in [6, 6.07) is 5.85. The van der Waals surface area contributed by atoms with Crippen molar-refractivity contribution in [3.05, 3.63) is 30.0 Å². The van der Waals surface area contributed by atoms with Crippen LogP contribution in [-0.2, 0) is 0 Å². The maximum Gasteiger partial charge on any atom is 0.422 e. The van der Waals surface area contributed by atoms with Crippen molar-refractivity contribution in [2.24, 2.45) is 5.73 Å². The van der Waals surface area contributed by atoms with Crippen LogP contribution in [-0.4, -0.2) is 34.1 Å². The van der Waals surface area contributed by atoms with Crippen molar-refractivity contribution < 1.29 is 22.7 Å². The van der Waals surface area contributed by atoms with Crippen LogP contribution in [0.4, 0.5) is 13.2 Å². The summed E-state index contributed by atoms with van der Waals surface area (Å²) in [4.78, 5) is 11.2. The van der Waals surface area contributed by atoms with Gasteiger partial charge in [-0.15, -0.1) is 0 Å². The molecule has 20 heavy (non-hydrogen) atoms. The Hall–Kier alpha value is -2.58. The molecule has 1 heterocycles. The molecule has 9 heteroatoms. The highest BCUT2D eigenvalue weighted by Crippen LogP contribution is 2.30. The topological polar surface area (TPSA) is 93.9 Å². The molecule has 0 saturated heterocycles. The molecule has 2 rings (SSSR count). The number of nitrogens with one attached hydrogen (secondary N) is 1. The normalized spacial score (nSPS) is 11.3. The van der Waals surface area contributed by atoms with Gasteiger partial charge in [0.05, 0.1) is 0 Å². The lowest BCUT2D eigenvalue weighted by Gasteiger charge is -2.12. The van der Waals surface area contributed by atoms with Crippen molar-refractivity contribution >= 4 is 5.91 Å². The highest BCUT2D eigenvalue weighted by molar-refractivity contribution is 5.97. The lowest BCUT2D eigenvalue weighted by molar-refractivity contribution is -0.153. The first-order valence-corrected chi connectivity index (χ1v) is 5.38. The minimum atomic E-state index is -4.47. The Balaban J connectivity index is 2.37. The Bertz CT molecular complexity index is 624. The zero-order valence-electron chi connectivity index (χ0n) is 9.94. The summed E-state index contributed by atoms with van der Waals surface area (Å²) in [5.41, 5.74) is 5.17. The molecule has 0 aliphatic heterocycles. The third-order valence-corrected chi connectivity index (χ3v) is 2.31. The number of rotatable bonds is 4. The fraction of sp³-hybridized carbons (Fsp3) is 0.182. The first kappa shape index (κ1) is 13.8. The molecule has 2 aromatic rings. The maximum absolute atomic E-state index is 12.2. The summed E-state index contributed by atoms with van der Waals surface area (Å²) in [5, 5.41) is 9.47. The monoisotopic (exact) mass is 286 g/mol. The average Bonchev–Trinajstić information content (AvgIpc) is 2.85. The quantitative estimate of drug-likeness (QED) is 0.890. The highest BCUT2D eigenvalue weighted by atomic mass is 19.4. The molecule has 1 aromatic heterocycles. The van der Waals surface area contributed by atoms with E-state index in [0.29, 0.717) is 0 Å². The van der Waals surface area contributed by atoms with Crippen LogP contribution in [0.2, 0.25) is 0 Å². The van der Waals surface area contributed by atoms with Crippen molar-refractivity contribution in [2.45, 2.75) is 6.18 Å². The number of para-hydroxylation sites is 1. The summed E-state index contributed by atoms with van der Waals surface area (Å²) in [5.74, 6) is -0.916. The van der Waals surface area contributed by atoms with Crippen LogP contribution < -0.4 is 10.5 Å². The number of ether oxygens (including phenoxy) is 1. The predicted octanol–water partition coefficient (Wildman–Crippen LogP) is 1.51. The lowest BCUT2D eigenvalue weighted by Crippen LogP contribution is -2.19. The van der Waals surface area contributed by atoms with Crippen molar-refractivity contribution in [2.75, 3.05) is 6.61 Å². The number of primary amides is 1. The van der Waals surface area contributed by atoms with Crippen LogP contribution in [0.3, 0.4) is 0 Å². The third kappa shape index (κ3) is 3.05. The van der Waals surface area contributed by atoms with Crippen LogP contribution >= 0.6 is 0 Å². The molecule has 1 amide bonds. The van der Waals surface area contributed by atoms with Gasteiger partial charge in [-0.3, -0.25) is 4.79 Å². The van der Waals surface area contributed by atoms with Gasteiger partial charge in [-0.1, -0.05) is 12.1 Å². The standard InChI is InChI=1S/C11H9F3N4O2/c12-11(13,14)5-20-7-4-2-1-3-6(7)8-9(10(15)19)17-18-16-8/h1-4H,5H2,(H2,15,19)(H,16,17,18). The molecule has 0 aliphatic carbocycles. The number of carbonyl (C=O) groups is 1.